The quantitative estimate of drug-likeness (QED) is 0.903. The summed E-state index contributed by atoms with van der Waals surface area (Å²) < 4.78 is 5.04. The number of pyridine rings is 1. The normalized spacial score (nSPS) is 22.7. The third-order valence-corrected chi connectivity index (χ3v) is 4.61. The maximum atomic E-state index is 5.04. The van der Waals surface area contributed by atoms with Crippen molar-refractivity contribution in [2.75, 3.05) is 13.7 Å². The van der Waals surface area contributed by atoms with Gasteiger partial charge in [0.05, 0.1) is 13.7 Å². The lowest BCUT2D eigenvalue weighted by molar-refractivity contribution is 0.397. The first-order valence-electron chi connectivity index (χ1n) is 6.29. The lowest BCUT2D eigenvalue weighted by Crippen LogP contribution is -2.19. The van der Waals surface area contributed by atoms with E-state index >= 15 is 0 Å². The van der Waals surface area contributed by atoms with Crippen molar-refractivity contribution in [1.29, 1.82) is 0 Å². The van der Waals surface area contributed by atoms with Crippen molar-refractivity contribution in [1.82, 2.24) is 10.3 Å². The molecule has 4 nitrogen and oxygen atoms in total. The molecule has 2 heterocycles. The van der Waals surface area contributed by atoms with Gasteiger partial charge in [-0.25, -0.2) is 4.98 Å². The minimum atomic E-state index is 0.653. The average molecular weight is 263 g/mol. The monoisotopic (exact) mass is 263 g/mol. The SMILES string of the molecule is COc1ccc(CNC2=NCC(C3CC3)S2)cn1. The number of aliphatic imine (C=N–C) groups is 1. The summed E-state index contributed by atoms with van der Waals surface area (Å²) in [5.74, 6) is 1.57. The standard InChI is InChI=1S/C13H17N3OS/c1-17-12-5-2-9(6-14-12)7-15-13-16-8-11(18-13)10-3-4-10/h2,5-6,10-11H,3-4,7-8H2,1H3,(H,15,16). The molecule has 0 amide bonds. The summed E-state index contributed by atoms with van der Waals surface area (Å²) in [5, 5.41) is 5.19. The fourth-order valence-corrected chi connectivity index (χ4v) is 3.22. The zero-order valence-electron chi connectivity index (χ0n) is 10.4. The van der Waals surface area contributed by atoms with Crippen molar-refractivity contribution < 1.29 is 4.74 Å². The van der Waals surface area contributed by atoms with Crippen molar-refractivity contribution in [2.45, 2.75) is 24.6 Å². The number of amidine groups is 1. The van der Waals surface area contributed by atoms with Crippen molar-refractivity contribution in [3.8, 4) is 5.88 Å². The Morgan fingerprint density at radius 3 is 3.00 bits per heavy atom. The van der Waals surface area contributed by atoms with Crippen LogP contribution in [0, 0.1) is 5.92 Å². The number of hydrogen-bond donors (Lipinski definition) is 1. The Morgan fingerprint density at radius 2 is 2.33 bits per heavy atom. The molecule has 1 aliphatic heterocycles. The first-order valence-corrected chi connectivity index (χ1v) is 7.17. The van der Waals surface area contributed by atoms with Gasteiger partial charge in [-0.15, -0.1) is 0 Å². The van der Waals surface area contributed by atoms with E-state index in [-0.39, 0.29) is 0 Å². The van der Waals surface area contributed by atoms with Gasteiger partial charge in [0.2, 0.25) is 5.88 Å². The van der Waals surface area contributed by atoms with E-state index in [1.165, 1.54) is 12.8 Å². The van der Waals surface area contributed by atoms with Crippen molar-refractivity contribution >= 4 is 16.9 Å². The Bertz CT molecular complexity index is 442. The van der Waals surface area contributed by atoms with E-state index in [4.69, 9.17) is 4.74 Å². The van der Waals surface area contributed by atoms with Crippen molar-refractivity contribution in [2.24, 2.45) is 10.9 Å². The van der Waals surface area contributed by atoms with Gasteiger partial charge in [0.1, 0.15) is 0 Å². The molecule has 0 spiro atoms. The fraction of sp³-hybridized carbons (Fsp3) is 0.538. The molecule has 0 aromatic carbocycles. The number of nitrogens with zero attached hydrogens (tertiary/aromatic N) is 2. The molecule has 2 aliphatic rings. The molecule has 96 valence electrons. The van der Waals surface area contributed by atoms with Gasteiger partial charge in [0, 0.05) is 24.1 Å². The van der Waals surface area contributed by atoms with E-state index in [1.807, 2.05) is 30.1 Å². The maximum absolute atomic E-state index is 5.04. The van der Waals surface area contributed by atoms with Crippen LogP contribution >= 0.6 is 11.8 Å². The minimum Gasteiger partial charge on any atom is -0.481 e. The van der Waals surface area contributed by atoms with Crippen LogP contribution in [0.3, 0.4) is 0 Å². The van der Waals surface area contributed by atoms with Crippen LogP contribution in [-0.4, -0.2) is 29.1 Å². The van der Waals surface area contributed by atoms with E-state index in [0.717, 1.165) is 35.0 Å². The van der Waals surface area contributed by atoms with Gasteiger partial charge in [-0.05, 0) is 24.3 Å². The molecule has 1 atom stereocenters. The number of methoxy groups -OCH3 is 1. The van der Waals surface area contributed by atoms with Crippen LogP contribution < -0.4 is 10.1 Å². The number of thioether (sulfide) groups is 1. The zero-order valence-corrected chi connectivity index (χ0v) is 11.2. The summed E-state index contributed by atoms with van der Waals surface area (Å²) in [7, 11) is 1.63. The summed E-state index contributed by atoms with van der Waals surface area (Å²) >= 11 is 1.90. The highest BCUT2D eigenvalue weighted by Gasteiger charge is 2.35. The molecule has 3 rings (SSSR count). The Hall–Kier alpha value is -1.23. The van der Waals surface area contributed by atoms with Gasteiger partial charge < -0.3 is 10.1 Å². The third kappa shape index (κ3) is 2.77. The van der Waals surface area contributed by atoms with Crippen LogP contribution in [0.5, 0.6) is 5.88 Å². The molecular weight excluding hydrogens is 246 g/mol. The van der Waals surface area contributed by atoms with Crippen LogP contribution in [0.25, 0.3) is 0 Å². The number of ether oxygens (including phenoxy) is 1. The van der Waals surface area contributed by atoms with Crippen LogP contribution in [0.2, 0.25) is 0 Å². The van der Waals surface area contributed by atoms with Gasteiger partial charge in [0.15, 0.2) is 5.17 Å². The molecular formula is C13H17N3OS. The third-order valence-electron chi connectivity index (χ3n) is 3.28. The largest absolute Gasteiger partial charge is 0.481 e. The Balaban J connectivity index is 1.48. The summed E-state index contributed by atoms with van der Waals surface area (Å²) in [6.07, 6.45) is 4.62. The average Bonchev–Trinajstić information content (AvgIpc) is 3.16. The van der Waals surface area contributed by atoms with E-state index in [2.05, 4.69) is 15.3 Å². The second-order valence-electron chi connectivity index (χ2n) is 4.70. The second kappa shape index (κ2) is 5.18. The Kier molecular flexibility index (Phi) is 3.41. The van der Waals surface area contributed by atoms with Gasteiger partial charge in [-0.2, -0.15) is 0 Å². The molecule has 5 heteroatoms. The Morgan fingerprint density at radius 1 is 1.44 bits per heavy atom. The highest BCUT2D eigenvalue weighted by molar-refractivity contribution is 8.14. The van der Waals surface area contributed by atoms with E-state index in [1.54, 1.807) is 7.11 Å². The highest BCUT2D eigenvalue weighted by atomic mass is 32.2. The highest BCUT2D eigenvalue weighted by Crippen LogP contribution is 2.41. The van der Waals surface area contributed by atoms with Crippen LogP contribution in [0.1, 0.15) is 18.4 Å². The number of hydrogen-bond acceptors (Lipinski definition) is 5. The summed E-state index contributed by atoms with van der Waals surface area (Å²) in [6, 6.07) is 3.91. The lowest BCUT2D eigenvalue weighted by atomic mass is 10.3. The smallest absolute Gasteiger partial charge is 0.212 e. The molecule has 0 radical (unpaired) electrons. The van der Waals surface area contributed by atoms with Gasteiger partial charge >= 0.3 is 0 Å². The zero-order chi connectivity index (χ0) is 12.4. The molecule has 0 saturated heterocycles. The first-order chi connectivity index (χ1) is 8.85. The number of nitrogens with one attached hydrogen (secondary N) is 1. The minimum absolute atomic E-state index is 0.653. The predicted octanol–water partition coefficient (Wildman–Crippen LogP) is 2.06. The van der Waals surface area contributed by atoms with Gasteiger partial charge in [-0.3, -0.25) is 4.99 Å². The van der Waals surface area contributed by atoms with Gasteiger partial charge in [-0.1, -0.05) is 17.8 Å². The molecule has 1 aliphatic carbocycles. The molecule has 1 aromatic rings. The van der Waals surface area contributed by atoms with E-state index in [0.29, 0.717) is 5.88 Å². The number of rotatable bonds is 4. The van der Waals surface area contributed by atoms with Crippen molar-refractivity contribution in [3.05, 3.63) is 23.9 Å². The molecule has 0 bridgehead atoms. The summed E-state index contributed by atoms with van der Waals surface area (Å²) in [5.41, 5.74) is 1.15. The maximum Gasteiger partial charge on any atom is 0.212 e. The fourth-order valence-electron chi connectivity index (χ4n) is 2.02. The number of aromatic nitrogens is 1. The predicted molar refractivity (Wildman–Crippen MR) is 74.0 cm³/mol. The van der Waals surface area contributed by atoms with E-state index < -0.39 is 0 Å². The topological polar surface area (TPSA) is 46.5 Å². The Labute approximate surface area is 111 Å². The van der Waals surface area contributed by atoms with Crippen LogP contribution in [-0.2, 0) is 6.54 Å². The lowest BCUT2D eigenvalue weighted by Gasteiger charge is -2.08. The van der Waals surface area contributed by atoms with Gasteiger partial charge in [0.25, 0.3) is 0 Å². The summed E-state index contributed by atoms with van der Waals surface area (Å²) in [6.45, 7) is 1.76. The van der Waals surface area contributed by atoms with Crippen molar-refractivity contribution in [3.63, 3.8) is 0 Å². The molecule has 1 saturated carbocycles. The first kappa shape index (κ1) is 11.8. The van der Waals surface area contributed by atoms with Crippen LogP contribution in [0.4, 0.5) is 0 Å². The second-order valence-corrected chi connectivity index (χ2v) is 5.93. The molecule has 1 aromatic heterocycles. The molecule has 1 fully saturated rings. The molecule has 1 N–H and O–H groups in total. The summed E-state index contributed by atoms with van der Waals surface area (Å²) in [4.78, 5) is 8.74. The molecule has 18 heavy (non-hydrogen) atoms. The van der Waals surface area contributed by atoms with Crippen LogP contribution in [0.15, 0.2) is 23.3 Å². The molecule has 1 unspecified atom stereocenters. The van der Waals surface area contributed by atoms with E-state index in [9.17, 15) is 0 Å².